The van der Waals surface area contributed by atoms with E-state index in [9.17, 15) is 8.42 Å². The highest BCUT2D eigenvalue weighted by Gasteiger charge is 2.15. The molecule has 0 saturated heterocycles. The summed E-state index contributed by atoms with van der Waals surface area (Å²) in [5.41, 5.74) is 0.917. The lowest BCUT2D eigenvalue weighted by molar-refractivity contribution is 0.122. The minimum atomic E-state index is -3.23. The van der Waals surface area contributed by atoms with Gasteiger partial charge in [0.1, 0.15) is 0 Å². The number of rotatable bonds is 9. The SMILES string of the molecule is CCOC[C@H](C)CS(=O)(=O)NCCc1ccn[nH]1. The Balaban J connectivity index is 2.26. The smallest absolute Gasteiger partial charge is 0.211 e. The van der Waals surface area contributed by atoms with Crippen LogP contribution in [0.3, 0.4) is 0 Å². The summed E-state index contributed by atoms with van der Waals surface area (Å²) >= 11 is 0. The molecule has 0 radical (unpaired) electrons. The number of nitrogens with zero attached hydrogens (tertiary/aromatic N) is 1. The molecular weight excluding hydrogens is 254 g/mol. The largest absolute Gasteiger partial charge is 0.381 e. The Bertz CT molecular complexity index is 417. The first-order chi connectivity index (χ1) is 8.53. The van der Waals surface area contributed by atoms with Crippen LogP contribution < -0.4 is 4.72 Å². The van der Waals surface area contributed by atoms with Crippen LogP contribution in [0.5, 0.6) is 0 Å². The van der Waals surface area contributed by atoms with E-state index in [0.29, 0.717) is 26.2 Å². The second-order valence-corrected chi connectivity index (χ2v) is 6.12. The van der Waals surface area contributed by atoms with Gasteiger partial charge in [-0.05, 0) is 18.9 Å². The van der Waals surface area contributed by atoms with E-state index in [4.69, 9.17) is 4.74 Å². The van der Waals surface area contributed by atoms with E-state index in [0.717, 1.165) is 5.69 Å². The summed E-state index contributed by atoms with van der Waals surface area (Å²) in [5, 5.41) is 6.59. The van der Waals surface area contributed by atoms with Crippen LogP contribution in [0.25, 0.3) is 0 Å². The van der Waals surface area contributed by atoms with E-state index in [-0.39, 0.29) is 11.7 Å². The van der Waals surface area contributed by atoms with Crippen molar-refractivity contribution in [3.8, 4) is 0 Å². The van der Waals surface area contributed by atoms with E-state index >= 15 is 0 Å². The van der Waals surface area contributed by atoms with Gasteiger partial charge in [-0.15, -0.1) is 0 Å². The predicted octanol–water partition coefficient (Wildman–Crippen LogP) is 0.544. The number of hydrogen-bond donors (Lipinski definition) is 2. The van der Waals surface area contributed by atoms with Gasteiger partial charge in [-0.1, -0.05) is 6.92 Å². The summed E-state index contributed by atoms with van der Waals surface area (Å²) in [6, 6.07) is 1.83. The number of sulfonamides is 1. The molecule has 1 rings (SSSR count). The highest BCUT2D eigenvalue weighted by atomic mass is 32.2. The molecule has 0 aromatic carbocycles. The van der Waals surface area contributed by atoms with Crippen molar-refractivity contribution >= 4 is 10.0 Å². The number of aromatic nitrogens is 2. The third-order valence-electron chi connectivity index (χ3n) is 2.39. The van der Waals surface area contributed by atoms with Crippen LogP contribution in [-0.4, -0.2) is 44.1 Å². The molecular formula is C11H21N3O3S. The van der Waals surface area contributed by atoms with E-state index in [1.165, 1.54) is 0 Å². The van der Waals surface area contributed by atoms with Crippen LogP contribution in [0.4, 0.5) is 0 Å². The van der Waals surface area contributed by atoms with Crippen molar-refractivity contribution in [2.24, 2.45) is 5.92 Å². The molecule has 0 amide bonds. The molecule has 2 N–H and O–H groups in total. The molecule has 7 heteroatoms. The lowest BCUT2D eigenvalue weighted by Gasteiger charge is -2.12. The third-order valence-corrected chi connectivity index (χ3v) is 4.04. The van der Waals surface area contributed by atoms with Crippen LogP contribution in [0.15, 0.2) is 12.3 Å². The molecule has 1 aromatic rings. The fourth-order valence-electron chi connectivity index (χ4n) is 1.57. The van der Waals surface area contributed by atoms with Gasteiger partial charge in [0.25, 0.3) is 0 Å². The summed E-state index contributed by atoms with van der Waals surface area (Å²) in [6.07, 6.45) is 2.26. The number of ether oxygens (including phenoxy) is 1. The molecule has 18 heavy (non-hydrogen) atoms. The van der Waals surface area contributed by atoms with Crippen LogP contribution in [0.2, 0.25) is 0 Å². The molecule has 0 unspecified atom stereocenters. The maximum Gasteiger partial charge on any atom is 0.211 e. The zero-order chi connectivity index (χ0) is 13.4. The predicted molar refractivity (Wildman–Crippen MR) is 69.7 cm³/mol. The van der Waals surface area contributed by atoms with Crippen LogP contribution in [0, 0.1) is 5.92 Å². The molecule has 104 valence electrons. The van der Waals surface area contributed by atoms with Crippen molar-refractivity contribution in [2.45, 2.75) is 20.3 Å². The quantitative estimate of drug-likeness (QED) is 0.689. The van der Waals surface area contributed by atoms with Crippen LogP contribution in [0.1, 0.15) is 19.5 Å². The average molecular weight is 275 g/mol. The maximum absolute atomic E-state index is 11.7. The molecule has 1 heterocycles. The van der Waals surface area contributed by atoms with Gasteiger partial charge in [0, 0.05) is 31.5 Å². The summed E-state index contributed by atoms with van der Waals surface area (Å²) in [6.45, 7) is 5.22. The van der Waals surface area contributed by atoms with Crippen molar-refractivity contribution < 1.29 is 13.2 Å². The normalized spacial score (nSPS) is 13.7. The lowest BCUT2D eigenvalue weighted by Crippen LogP contribution is -2.32. The van der Waals surface area contributed by atoms with Crippen LogP contribution >= 0.6 is 0 Å². The molecule has 0 fully saturated rings. The number of nitrogens with one attached hydrogen (secondary N) is 2. The Morgan fingerprint density at radius 3 is 2.94 bits per heavy atom. The van der Waals surface area contributed by atoms with Crippen molar-refractivity contribution in [1.82, 2.24) is 14.9 Å². The van der Waals surface area contributed by atoms with Gasteiger partial charge in [-0.3, -0.25) is 5.10 Å². The first-order valence-corrected chi connectivity index (χ1v) is 7.72. The van der Waals surface area contributed by atoms with Crippen LogP contribution in [-0.2, 0) is 21.2 Å². The summed E-state index contributed by atoms with van der Waals surface area (Å²) in [7, 11) is -3.23. The molecule has 0 aliphatic carbocycles. The van der Waals surface area contributed by atoms with E-state index in [1.54, 1.807) is 6.20 Å². The fraction of sp³-hybridized carbons (Fsp3) is 0.727. The van der Waals surface area contributed by atoms with Crippen molar-refractivity contribution in [2.75, 3.05) is 25.5 Å². The van der Waals surface area contributed by atoms with E-state index in [2.05, 4.69) is 14.9 Å². The molecule has 1 atom stereocenters. The van der Waals surface area contributed by atoms with Gasteiger partial charge >= 0.3 is 0 Å². The Hall–Kier alpha value is -0.920. The second-order valence-electron chi connectivity index (χ2n) is 4.27. The molecule has 6 nitrogen and oxygen atoms in total. The van der Waals surface area contributed by atoms with Gasteiger partial charge in [0.15, 0.2) is 0 Å². The Kier molecular flexibility index (Phi) is 6.31. The van der Waals surface area contributed by atoms with Gasteiger partial charge in [-0.2, -0.15) is 5.10 Å². The fourth-order valence-corrected chi connectivity index (χ4v) is 2.94. The van der Waals surface area contributed by atoms with Gasteiger partial charge in [0.2, 0.25) is 10.0 Å². The van der Waals surface area contributed by atoms with Gasteiger partial charge < -0.3 is 4.74 Å². The monoisotopic (exact) mass is 275 g/mol. The van der Waals surface area contributed by atoms with Crippen molar-refractivity contribution in [3.63, 3.8) is 0 Å². The lowest BCUT2D eigenvalue weighted by atomic mass is 10.2. The summed E-state index contributed by atoms with van der Waals surface area (Å²) < 4.78 is 31.3. The maximum atomic E-state index is 11.7. The van der Waals surface area contributed by atoms with E-state index in [1.807, 2.05) is 19.9 Å². The topological polar surface area (TPSA) is 84.1 Å². The Labute approximate surface area is 108 Å². The zero-order valence-electron chi connectivity index (χ0n) is 10.8. The molecule has 0 aliphatic heterocycles. The highest BCUT2D eigenvalue weighted by Crippen LogP contribution is 2.01. The van der Waals surface area contributed by atoms with Crippen molar-refractivity contribution in [1.29, 1.82) is 0 Å². The Morgan fingerprint density at radius 1 is 1.56 bits per heavy atom. The highest BCUT2D eigenvalue weighted by molar-refractivity contribution is 7.89. The summed E-state index contributed by atoms with van der Waals surface area (Å²) in [5.74, 6) is 0.0882. The molecule has 1 aromatic heterocycles. The van der Waals surface area contributed by atoms with Gasteiger partial charge in [-0.25, -0.2) is 13.1 Å². The number of H-pyrrole nitrogens is 1. The van der Waals surface area contributed by atoms with Crippen molar-refractivity contribution in [3.05, 3.63) is 18.0 Å². The second kappa shape index (κ2) is 7.50. The Morgan fingerprint density at radius 2 is 2.33 bits per heavy atom. The first kappa shape index (κ1) is 15.1. The zero-order valence-corrected chi connectivity index (χ0v) is 11.7. The number of aromatic amines is 1. The standard InChI is InChI=1S/C11H21N3O3S/c1-3-17-8-10(2)9-18(15,16)13-7-5-11-4-6-12-14-11/h4,6,10,13H,3,5,7-9H2,1-2H3,(H,12,14)/t10-/m0/s1. The molecule has 0 bridgehead atoms. The van der Waals surface area contributed by atoms with E-state index < -0.39 is 10.0 Å². The summed E-state index contributed by atoms with van der Waals surface area (Å²) in [4.78, 5) is 0. The third kappa shape index (κ3) is 6.13. The number of hydrogen-bond acceptors (Lipinski definition) is 4. The minimum absolute atomic E-state index is 0.00500. The molecule has 0 saturated carbocycles. The van der Waals surface area contributed by atoms with Gasteiger partial charge in [0.05, 0.1) is 12.4 Å². The minimum Gasteiger partial charge on any atom is -0.381 e. The average Bonchev–Trinajstić information content (AvgIpc) is 2.78. The first-order valence-electron chi connectivity index (χ1n) is 6.07. The molecule has 0 spiro atoms. The molecule has 0 aliphatic rings.